The fraction of sp³-hybridized carbons (Fsp3) is 0.556. The third-order valence-electron chi connectivity index (χ3n) is 4.70. The summed E-state index contributed by atoms with van der Waals surface area (Å²) in [5.41, 5.74) is 2.01. The molecule has 0 spiro atoms. The number of carbonyl (C=O) groups is 2. The van der Waals surface area contributed by atoms with Crippen LogP contribution in [0.4, 0.5) is 11.4 Å². The van der Waals surface area contributed by atoms with Gasteiger partial charge in [0.25, 0.3) is 0 Å². The van der Waals surface area contributed by atoms with E-state index in [0.717, 1.165) is 18.8 Å². The summed E-state index contributed by atoms with van der Waals surface area (Å²) in [4.78, 5) is 28.1. The Labute approximate surface area is 147 Å². The molecule has 3 rings (SSSR count). The molecule has 1 aromatic carbocycles. The van der Waals surface area contributed by atoms with Gasteiger partial charge in [-0.15, -0.1) is 11.8 Å². The van der Waals surface area contributed by atoms with Crippen LogP contribution >= 0.6 is 11.8 Å². The van der Waals surface area contributed by atoms with Crippen molar-refractivity contribution < 1.29 is 9.59 Å². The number of amides is 2. The second-order valence-corrected chi connectivity index (χ2v) is 7.44. The number of benzene rings is 1. The highest BCUT2D eigenvalue weighted by molar-refractivity contribution is 7.99. The molecular weight excluding hydrogens is 322 g/mol. The van der Waals surface area contributed by atoms with Crippen LogP contribution in [0.25, 0.3) is 0 Å². The summed E-state index contributed by atoms with van der Waals surface area (Å²) >= 11 is 1.62. The molecule has 2 fully saturated rings. The number of nitrogens with one attached hydrogen (secondary N) is 1. The zero-order valence-corrected chi connectivity index (χ0v) is 15.0. The number of hydrogen-bond acceptors (Lipinski definition) is 4. The zero-order valence-electron chi connectivity index (χ0n) is 14.2. The molecule has 1 N–H and O–H groups in total. The first-order valence-electron chi connectivity index (χ1n) is 8.66. The Morgan fingerprint density at radius 1 is 1.08 bits per heavy atom. The maximum Gasteiger partial charge on any atom is 0.248 e. The Kier molecular flexibility index (Phi) is 5.66. The molecule has 1 atom stereocenters. The normalized spacial score (nSPS) is 21.5. The van der Waals surface area contributed by atoms with Crippen LogP contribution < -0.4 is 10.2 Å². The van der Waals surface area contributed by atoms with Gasteiger partial charge in [-0.25, -0.2) is 0 Å². The van der Waals surface area contributed by atoms with E-state index in [2.05, 4.69) is 22.3 Å². The van der Waals surface area contributed by atoms with Crippen molar-refractivity contribution >= 4 is 35.0 Å². The molecule has 130 valence electrons. The van der Waals surface area contributed by atoms with E-state index in [9.17, 15) is 9.59 Å². The lowest BCUT2D eigenvalue weighted by molar-refractivity contribution is -0.134. The maximum absolute atomic E-state index is 12.4. The molecule has 2 aliphatic rings. The van der Waals surface area contributed by atoms with Crippen LogP contribution in [0, 0.1) is 0 Å². The van der Waals surface area contributed by atoms with Gasteiger partial charge in [-0.1, -0.05) is 12.8 Å². The molecule has 1 unspecified atom stereocenters. The molecule has 1 aromatic rings. The Morgan fingerprint density at radius 3 is 2.38 bits per heavy atom. The minimum atomic E-state index is -0.363. The van der Waals surface area contributed by atoms with Crippen molar-refractivity contribution in [3.63, 3.8) is 0 Å². The second-order valence-electron chi connectivity index (χ2n) is 6.44. The number of hydrogen-bond donors (Lipinski definition) is 1. The van der Waals surface area contributed by atoms with Crippen LogP contribution in [-0.2, 0) is 9.59 Å². The quantitative estimate of drug-likeness (QED) is 0.913. The first-order chi connectivity index (χ1) is 11.6. The Morgan fingerprint density at radius 2 is 1.75 bits per heavy atom. The maximum atomic E-state index is 12.4. The van der Waals surface area contributed by atoms with Crippen LogP contribution in [0.2, 0.25) is 0 Å². The van der Waals surface area contributed by atoms with Gasteiger partial charge in [-0.3, -0.25) is 9.59 Å². The zero-order chi connectivity index (χ0) is 16.9. The van der Waals surface area contributed by atoms with Crippen molar-refractivity contribution in [2.45, 2.75) is 38.6 Å². The van der Waals surface area contributed by atoms with Gasteiger partial charge < -0.3 is 15.1 Å². The van der Waals surface area contributed by atoms with Crippen LogP contribution in [0.1, 0.15) is 32.6 Å². The van der Waals surface area contributed by atoms with E-state index in [0.29, 0.717) is 11.6 Å². The summed E-state index contributed by atoms with van der Waals surface area (Å²) in [6.07, 6.45) is 5.13. The predicted octanol–water partition coefficient (Wildman–Crippen LogP) is 2.93. The van der Waals surface area contributed by atoms with Gasteiger partial charge in [0.15, 0.2) is 0 Å². The molecule has 24 heavy (non-hydrogen) atoms. The number of nitrogens with zero attached hydrogens (tertiary/aromatic N) is 2. The van der Waals surface area contributed by atoms with Gasteiger partial charge in [-0.2, -0.15) is 0 Å². The lowest BCUT2D eigenvalue weighted by Gasteiger charge is -2.23. The first-order valence-corrected chi connectivity index (χ1v) is 9.81. The molecule has 0 aliphatic carbocycles. The molecule has 2 aliphatic heterocycles. The smallest absolute Gasteiger partial charge is 0.248 e. The van der Waals surface area contributed by atoms with Gasteiger partial charge in [-0.05, 0) is 37.1 Å². The molecule has 2 heterocycles. The number of thioether (sulfide) groups is 1. The summed E-state index contributed by atoms with van der Waals surface area (Å²) in [6, 6.07) is 7.70. The lowest BCUT2D eigenvalue weighted by atomic mass is 10.2. The first kappa shape index (κ1) is 17.1. The highest BCUT2D eigenvalue weighted by atomic mass is 32.2. The lowest BCUT2D eigenvalue weighted by Crippen LogP contribution is -2.43. The van der Waals surface area contributed by atoms with E-state index >= 15 is 0 Å². The topological polar surface area (TPSA) is 52.7 Å². The summed E-state index contributed by atoms with van der Waals surface area (Å²) in [7, 11) is 0. The highest BCUT2D eigenvalue weighted by Crippen LogP contribution is 2.24. The molecule has 5 nitrogen and oxygen atoms in total. The molecular formula is C18H25N3O2S. The van der Waals surface area contributed by atoms with Crippen LogP contribution in [0.3, 0.4) is 0 Å². The van der Waals surface area contributed by atoms with Crippen molar-refractivity contribution in [1.29, 1.82) is 0 Å². The molecule has 2 saturated heterocycles. The van der Waals surface area contributed by atoms with Crippen LogP contribution in [-0.4, -0.2) is 47.5 Å². The summed E-state index contributed by atoms with van der Waals surface area (Å²) in [6.45, 7) is 3.74. The van der Waals surface area contributed by atoms with Gasteiger partial charge in [0.2, 0.25) is 11.8 Å². The van der Waals surface area contributed by atoms with Crippen LogP contribution in [0.5, 0.6) is 0 Å². The number of carbonyl (C=O) groups excluding carboxylic acids is 2. The van der Waals surface area contributed by atoms with E-state index in [1.807, 2.05) is 12.1 Å². The van der Waals surface area contributed by atoms with Gasteiger partial charge >= 0.3 is 0 Å². The average Bonchev–Trinajstić information content (AvgIpc) is 2.92. The van der Waals surface area contributed by atoms with E-state index in [1.165, 1.54) is 38.3 Å². The minimum absolute atomic E-state index is 0.0448. The largest absolute Gasteiger partial charge is 0.372 e. The SMILES string of the molecule is CC(=O)N1CSCC1C(=O)Nc1ccc(N2CCCCCC2)cc1. The third kappa shape index (κ3) is 4.04. The second kappa shape index (κ2) is 7.92. The molecule has 0 radical (unpaired) electrons. The molecule has 0 aromatic heterocycles. The van der Waals surface area contributed by atoms with Crippen LogP contribution in [0.15, 0.2) is 24.3 Å². The molecule has 6 heteroatoms. The number of anilines is 2. The van der Waals surface area contributed by atoms with E-state index in [1.54, 1.807) is 16.7 Å². The van der Waals surface area contributed by atoms with Crippen molar-refractivity contribution in [3.8, 4) is 0 Å². The summed E-state index contributed by atoms with van der Waals surface area (Å²) in [5.74, 6) is 1.12. The minimum Gasteiger partial charge on any atom is -0.372 e. The Bertz CT molecular complexity index is 582. The van der Waals surface area contributed by atoms with Crippen molar-refractivity contribution in [2.75, 3.05) is 34.9 Å². The molecule has 0 saturated carbocycles. The summed E-state index contributed by atoms with van der Waals surface area (Å²) in [5, 5.41) is 2.95. The van der Waals surface area contributed by atoms with Crippen molar-refractivity contribution in [1.82, 2.24) is 4.90 Å². The number of rotatable bonds is 3. The molecule has 2 amide bonds. The van der Waals surface area contributed by atoms with E-state index in [4.69, 9.17) is 0 Å². The van der Waals surface area contributed by atoms with Gasteiger partial charge in [0.05, 0.1) is 5.88 Å². The van der Waals surface area contributed by atoms with E-state index < -0.39 is 0 Å². The van der Waals surface area contributed by atoms with Gasteiger partial charge in [0, 0.05) is 37.1 Å². The highest BCUT2D eigenvalue weighted by Gasteiger charge is 2.32. The fourth-order valence-electron chi connectivity index (χ4n) is 3.28. The fourth-order valence-corrected chi connectivity index (χ4v) is 4.50. The monoisotopic (exact) mass is 347 g/mol. The average molecular weight is 347 g/mol. The predicted molar refractivity (Wildman–Crippen MR) is 99.4 cm³/mol. The standard InChI is InChI=1S/C18H25N3O2S/c1-14(22)21-13-24-12-17(21)18(23)19-15-6-8-16(9-7-15)20-10-4-2-3-5-11-20/h6-9,17H,2-5,10-13H2,1H3,(H,19,23). The third-order valence-corrected chi connectivity index (χ3v) is 5.71. The van der Waals surface area contributed by atoms with Crippen molar-refractivity contribution in [3.05, 3.63) is 24.3 Å². The summed E-state index contributed by atoms with van der Waals surface area (Å²) < 4.78 is 0. The Hall–Kier alpha value is -1.69. The van der Waals surface area contributed by atoms with E-state index in [-0.39, 0.29) is 17.9 Å². The van der Waals surface area contributed by atoms with Gasteiger partial charge in [0.1, 0.15) is 6.04 Å². The molecule has 0 bridgehead atoms. The van der Waals surface area contributed by atoms with Crippen molar-refractivity contribution in [2.24, 2.45) is 0 Å². The Balaban J connectivity index is 1.61.